The molecule has 0 spiro atoms. The topological polar surface area (TPSA) is 84.9 Å². The van der Waals surface area contributed by atoms with E-state index in [1.807, 2.05) is 18.2 Å². The number of ether oxygens (including phenoxy) is 2. The SMILES string of the molecule is COc1cc(C=C2C(=O)NC(=O)N(C3CCCCC3)C2=O)ccc1OCc1ccccc1Cl. The van der Waals surface area contributed by atoms with E-state index in [0.717, 1.165) is 37.7 Å². The first kappa shape index (κ1) is 22.9. The number of carbonyl (C=O) groups excluding carboxylic acids is 3. The number of hydrogen-bond acceptors (Lipinski definition) is 5. The molecule has 2 aromatic carbocycles. The van der Waals surface area contributed by atoms with Crippen LogP contribution in [0.3, 0.4) is 0 Å². The first-order chi connectivity index (χ1) is 16.0. The molecule has 2 aromatic rings. The van der Waals surface area contributed by atoms with E-state index < -0.39 is 17.8 Å². The van der Waals surface area contributed by atoms with Gasteiger partial charge < -0.3 is 9.47 Å². The lowest BCUT2D eigenvalue weighted by Crippen LogP contribution is -2.58. The molecule has 1 aliphatic carbocycles. The Bertz CT molecular complexity index is 1110. The van der Waals surface area contributed by atoms with E-state index in [0.29, 0.717) is 22.1 Å². The molecular formula is C25H25ClN2O5. The molecule has 0 radical (unpaired) electrons. The second-order valence-electron chi connectivity index (χ2n) is 8.07. The lowest BCUT2D eigenvalue weighted by atomic mass is 9.93. The van der Waals surface area contributed by atoms with E-state index in [-0.39, 0.29) is 18.2 Å². The summed E-state index contributed by atoms with van der Waals surface area (Å²) in [6.45, 7) is 0.260. The third-order valence-corrected chi connectivity index (χ3v) is 6.28. The summed E-state index contributed by atoms with van der Waals surface area (Å²) in [4.78, 5) is 39.1. The molecule has 4 amide bonds. The van der Waals surface area contributed by atoms with Crippen LogP contribution in [0, 0.1) is 0 Å². The van der Waals surface area contributed by atoms with Crippen molar-refractivity contribution in [3.05, 3.63) is 64.2 Å². The van der Waals surface area contributed by atoms with Crippen molar-refractivity contribution in [3.63, 3.8) is 0 Å². The van der Waals surface area contributed by atoms with Gasteiger partial charge >= 0.3 is 6.03 Å². The van der Waals surface area contributed by atoms with Gasteiger partial charge in [-0.25, -0.2) is 4.79 Å². The zero-order chi connectivity index (χ0) is 23.4. The van der Waals surface area contributed by atoms with Crippen molar-refractivity contribution in [2.24, 2.45) is 0 Å². The average Bonchev–Trinajstić information content (AvgIpc) is 2.82. The number of hydrogen-bond donors (Lipinski definition) is 1. The van der Waals surface area contributed by atoms with Crippen LogP contribution in [0.25, 0.3) is 6.08 Å². The minimum absolute atomic E-state index is 0.0769. The second-order valence-corrected chi connectivity index (χ2v) is 8.48. The van der Waals surface area contributed by atoms with Crippen LogP contribution in [0.1, 0.15) is 43.2 Å². The molecule has 1 saturated heterocycles. The predicted octanol–water partition coefficient (Wildman–Crippen LogP) is 4.72. The number of benzene rings is 2. The molecule has 4 rings (SSSR count). The average molecular weight is 469 g/mol. The van der Waals surface area contributed by atoms with Crippen LogP contribution < -0.4 is 14.8 Å². The summed E-state index contributed by atoms with van der Waals surface area (Å²) >= 11 is 6.19. The largest absolute Gasteiger partial charge is 0.493 e. The summed E-state index contributed by atoms with van der Waals surface area (Å²) in [5.74, 6) is -0.318. The summed E-state index contributed by atoms with van der Waals surface area (Å²) in [6, 6.07) is 11.7. The number of amides is 4. The molecule has 2 fully saturated rings. The van der Waals surface area contributed by atoms with Gasteiger partial charge in [0.05, 0.1) is 7.11 Å². The first-order valence-electron chi connectivity index (χ1n) is 10.9. The Hall–Kier alpha value is -3.32. The third-order valence-electron chi connectivity index (χ3n) is 5.91. The summed E-state index contributed by atoms with van der Waals surface area (Å²) in [5, 5.41) is 2.91. The standard InChI is InChI=1S/C25H25ClN2O5/c1-32-22-14-16(11-12-21(22)33-15-17-7-5-6-10-20(17)26)13-19-23(29)27-25(31)28(24(19)30)18-8-3-2-4-9-18/h5-7,10-14,18H,2-4,8-9,15H2,1H3,(H,27,29,31). The molecule has 0 aromatic heterocycles. The number of barbiturate groups is 1. The maximum atomic E-state index is 13.1. The number of rotatable bonds is 6. The summed E-state index contributed by atoms with van der Waals surface area (Å²) in [7, 11) is 1.51. The molecule has 1 saturated carbocycles. The molecular weight excluding hydrogens is 444 g/mol. The Morgan fingerprint density at radius 2 is 1.82 bits per heavy atom. The number of methoxy groups -OCH3 is 1. The van der Waals surface area contributed by atoms with Crippen LogP contribution in [0.15, 0.2) is 48.0 Å². The summed E-state index contributed by atoms with van der Waals surface area (Å²) in [6.07, 6.45) is 5.99. The first-order valence-corrected chi connectivity index (χ1v) is 11.3. The van der Waals surface area contributed by atoms with Crippen molar-refractivity contribution in [3.8, 4) is 11.5 Å². The molecule has 1 N–H and O–H groups in total. The fourth-order valence-electron chi connectivity index (χ4n) is 4.17. The van der Waals surface area contributed by atoms with Crippen LogP contribution in [0.4, 0.5) is 4.79 Å². The highest BCUT2D eigenvalue weighted by Gasteiger charge is 2.40. The van der Waals surface area contributed by atoms with Crippen molar-refractivity contribution < 1.29 is 23.9 Å². The molecule has 7 nitrogen and oxygen atoms in total. The van der Waals surface area contributed by atoms with E-state index >= 15 is 0 Å². The summed E-state index contributed by atoms with van der Waals surface area (Å²) in [5.41, 5.74) is 1.34. The van der Waals surface area contributed by atoms with Gasteiger partial charge in [0.2, 0.25) is 0 Å². The van der Waals surface area contributed by atoms with Gasteiger partial charge in [0, 0.05) is 16.6 Å². The maximum absolute atomic E-state index is 13.1. The smallest absolute Gasteiger partial charge is 0.331 e. The second kappa shape index (κ2) is 10.1. The molecule has 0 bridgehead atoms. The van der Waals surface area contributed by atoms with Gasteiger partial charge in [0.15, 0.2) is 11.5 Å². The number of nitrogens with zero attached hydrogens (tertiary/aromatic N) is 1. The zero-order valence-electron chi connectivity index (χ0n) is 18.3. The van der Waals surface area contributed by atoms with Crippen LogP contribution in [-0.4, -0.2) is 35.9 Å². The number of imide groups is 2. The maximum Gasteiger partial charge on any atom is 0.331 e. The fraction of sp³-hybridized carbons (Fsp3) is 0.320. The van der Waals surface area contributed by atoms with E-state index in [1.165, 1.54) is 18.1 Å². The third kappa shape index (κ3) is 5.03. The minimum atomic E-state index is -0.699. The molecule has 0 atom stereocenters. The van der Waals surface area contributed by atoms with Gasteiger partial charge in [0.25, 0.3) is 11.8 Å². The van der Waals surface area contributed by atoms with Gasteiger partial charge in [-0.1, -0.05) is 55.1 Å². The Kier molecular flexibility index (Phi) is 6.99. The van der Waals surface area contributed by atoms with Crippen molar-refractivity contribution in [1.29, 1.82) is 0 Å². The highest BCUT2D eigenvalue weighted by atomic mass is 35.5. The van der Waals surface area contributed by atoms with E-state index in [9.17, 15) is 14.4 Å². The normalized spacial score (nSPS) is 18.4. The van der Waals surface area contributed by atoms with Gasteiger partial charge in [-0.15, -0.1) is 0 Å². The van der Waals surface area contributed by atoms with Crippen LogP contribution in [-0.2, 0) is 16.2 Å². The fourth-order valence-corrected chi connectivity index (χ4v) is 4.36. The van der Waals surface area contributed by atoms with Crippen molar-refractivity contribution >= 4 is 35.5 Å². The number of carbonyl (C=O) groups is 3. The zero-order valence-corrected chi connectivity index (χ0v) is 19.1. The Balaban J connectivity index is 1.55. The number of nitrogens with one attached hydrogen (secondary N) is 1. The molecule has 172 valence electrons. The Labute approximate surface area is 197 Å². The van der Waals surface area contributed by atoms with Crippen LogP contribution >= 0.6 is 11.6 Å². The van der Waals surface area contributed by atoms with E-state index in [1.54, 1.807) is 24.3 Å². The van der Waals surface area contributed by atoms with Crippen molar-refractivity contribution in [2.75, 3.05) is 7.11 Å². The minimum Gasteiger partial charge on any atom is -0.493 e. The van der Waals surface area contributed by atoms with Crippen LogP contribution in [0.5, 0.6) is 11.5 Å². The molecule has 1 aliphatic heterocycles. The monoisotopic (exact) mass is 468 g/mol. The van der Waals surface area contributed by atoms with E-state index in [2.05, 4.69) is 5.32 Å². The highest BCUT2D eigenvalue weighted by molar-refractivity contribution is 6.31. The Morgan fingerprint density at radius 3 is 2.55 bits per heavy atom. The number of urea groups is 1. The lowest BCUT2D eigenvalue weighted by molar-refractivity contribution is -0.132. The molecule has 1 heterocycles. The van der Waals surface area contributed by atoms with Gasteiger partial charge in [-0.05, 0) is 42.7 Å². The molecule has 8 heteroatoms. The molecule has 0 unspecified atom stereocenters. The number of halogens is 1. The molecule has 33 heavy (non-hydrogen) atoms. The predicted molar refractivity (Wildman–Crippen MR) is 124 cm³/mol. The van der Waals surface area contributed by atoms with Crippen molar-refractivity contribution in [2.45, 2.75) is 44.8 Å². The van der Waals surface area contributed by atoms with Crippen molar-refractivity contribution in [1.82, 2.24) is 10.2 Å². The van der Waals surface area contributed by atoms with Gasteiger partial charge in [-0.2, -0.15) is 0 Å². The van der Waals surface area contributed by atoms with Gasteiger partial charge in [0.1, 0.15) is 12.2 Å². The van der Waals surface area contributed by atoms with Gasteiger partial charge in [-0.3, -0.25) is 19.8 Å². The quantitative estimate of drug-likeness (QED) is 0.489. The molecule has 2 aliphatic rings. The lowest BCUT2D eigenvalue weighted by Gasteiger charge is -2.35. The highest BCUT2D eigenvalue weighted by Crippen LogP contribution is 2.31. The van der Waals surface area contributed by atoms with E-state index in [4.69, 9.17) is 21.1 Å². The summed E-state index contributed by atoms with van der Waals surface area (Å²) < 4.78 is 11.3. The Morgan fingerprint density at radius 1 is 1.06 bits per heavy atom. The van der Waals surface area contributed by atoms with Crippen LogP contribution in [0.2, 0.25) is 5.02 Å².